The fraction of sp³-hybridized carbons (Fsp3) is 0.500. The summed E-state index contributed by atoms with van der Waals surface area (Å²) in [7, 11) is 0. The van der Waals surface area contributed by atoms with Crippen LogP contribution < -0.4 is 0 Å². The van der Waals surface area contributed by atoms with Crippen LogP contribution in [0.5, 0.6) is 0 Å². The molecule has 3 heteroatoms. The number of benzene rings is 1. The summed E-state index contributed by atoms with van der Waals surface area (Å²) in [5.41, 5.74) is 1.66. The van der Waals surface area contributed by atoms with E-state index in [-0.39, 0.29) is 17.8 Å². The van der Waals surface area contributed by atoms with Gasteiger partial charge in [0, 0.05) is 12.2 Å². The minimum Gasteiger partial charge on any atom is -0.384 e. The van der Waals surface area contributed by atoms with E-state index in [1.54, 1.807) is 6.07 Å². The molecule has 0 fully saturated rings. The number of aliphatic hydroxyl groups is 1. The largest absolute Gasteiger partial charge is 0.384 e. The maximum atomic E-state index is 13.1. The quantitative estimate of drug-likeness (QED) is 0.669. The first-order valence-electron chi connectivity index (χ1n) is 6.38. The van der Waals surface area contributed by atoms with Gasteiger partial charge in [0.2, 0.25) is 0 Å². The van der Waals surface area contributed by atoms with Crippen molar-refractivity contribution < 1.29 is 14.2 Å². The standard InChI is InChI=1S/C16H21FO2/c1-16(2,3)8-10-19-12-14-6-7-15(17)11-13(14)5-4-9-18/h6-7,11,18H,8-10,12H2,1-3H3. The Morgan fingerprint density at radius 1 is 1.32 bits per heavy atom. The van der Waals surface area contributed by atoms with Crippen LogP contribution in [0.1, 0.15) is 38.3 Å². The Kier molecular flexibility index (Phi) is 6.01. The van der Waals surface area contributed by atoms with Crippen molar-refractivity contribution >= 4 is 0 Å². The van der Waals surface area contributed by atoms with Crippen LogP contribution in [0.15, 0.2) is 18.2 Å². The second-order valence-corrected chi connectivity index (χ2v) is 5.62. The molecule has 104 valence electrons. The summed E-state index contributed by atoms with van der Waals surface area (Å²) in [5, 5.41) is 8.69. The van der Waals surface area contributed by atoms with Crippen LogP contribution in [0.3, 0.4) is 0 Å². The van der Waals surface area contributed by atoms with E-state index in [2.05, 4.69) is 32.6 Å². The third-order valence-electron chi connectivity index (χ3n) is 2.63. The van der Waals surface area contributed by atoms with E-state index in [4.69, 9.17) is 9.84 Å². The molecule has 0 saturated heterocycles. The van der Waals surface area contributed by atoms with Crippen molar-refractivity contribution in [2.45, 2.75) is 33.8 Å². The fourth-order valence-corrected chi connectivity index (χ4v) is 1.49. The first-order chi connectivity index (χ1) is 8.92. The van der Waals surface area contributed by atoms with E-state index in [1.807, 2.05) is 0 Å². The van der Waals surface area contributed by atoms with Gasteiger partial charge in [0.25, 0.3) is 0 Å². The van der Waals surface area contributed by atoms with Crippen molar-refractivity contribution in [1.29, 1.82) is 0 Å². The van der Waals surface area contributed by atoms with Gasteiger partial charge >= 0.3 is 0 Å². The summed E-state index contributed by atoms with van der Waals surface area (Å²) >= 11 is 0. The average Bonchev–Trinajstić information content (AvgIpc) is 2.32. The van der Waals surface area contributed by atoms with Gasteiger partial charge in [0.1, 0.15) is 12.4 Å². The van der Waals surface area contributed by atoms with Crippen molar-refractivity contribution in [1.82, 2.24) is 0 Å². The molecule has 0 amide bonds. The van der Waals surface area contributed by atoms with Crippen molar-refractivity contribution in [2.24, 2.45) is 5.41 Å². The number of hydrogen-bond acceptors (Lipinski definition) is 2. The van der Waals surface area contributed by atoms with Crippen LogP contribution in [0.4, 0.5) is 4.39 Å². The molecule has 0 unspecified atom stereocenters. The van der Waals surface area contributed by atoms with Crippen LogP contribution >= 0.6 is 0 Å². The Hall–Kier alpha value is -1.37. The van der Waals surface area contributed by atoms with Gasteiger partial charge in [-0.25, -0.2) is 4.39 Å². The van der Waals surface area contributed by atoms with Gasteiger partial charge in [-0.3, -0.25) is 0 Å². The molecule has 0 heterocycles. The van der Waals surface area contributed by atoms with Crippen molar-refractivity contribution in [3.8, 4) is 11.8 Å². The number of halogens is 1. The molecule has 0 bridgehead atoms. The normalized spacial score (nSPS) is 11.0. The van der Waals surface area contributed by atoms with Gasteiger partial charge in [0.15, 0.2) is 0 Å². The molecule has 19 heavy (non-hydrogen) atoms. The first kappa shape index (κ1) is 15.7. The molecule has 1 aromatic rings. The van der Waals surface area contributed by atoms with E-state index >= 15 is 0 Å². The lowest BCUT2D eigenvalue weighted by Gasteiger charge is -2.17. The molecular formula is C16H21FO2. The number of hydrogen-bond donors (Lipinski definition) is 1. The Morgan fingerprint density at radius 2 is 2.05 bits per heavy atom. The second-order valence-electron chi connectivity index (χ2n) is 5.62. The topological polar surface area (TPSA) is 29.5 Å². The van der Waals surface area contributed by atoms with Gasteiger partial charge in [-0.15, -0.1) is 0 Å². The molecule has 0 spiro atoms. The van der Waals surface area contributed by atoms with E-state index in [0.717, 1.165) is 12.0 Å². The van der Waals surface area contributed by atoms with Gasteiger partial charge in [0.05, 0.1) is 6.61 Å². The highest BCUT2D eigenvalue weighted by Crippen LogP contribution is 2.19. The SMILES string of the molecule is CC(C)(C)CCOCc1ccc(F)cc1C#CCO. The van der Waals surface area contributed by atoms with E-state index in [9.17, 15) is 4.39 Å². The van der Waals surface area contributed by atoms with E-state index in [1.165, 1.54) is 12.1 Å². The van der Waals surface area contributed by atoms with Crippen LogP contribution in [-0.2, 0) is 11.3 Å². The summed E-state index contributed by atoms with van der Waals surface area (Å²) in [6, 6.07) is 4.44. The van der Waals surface area contributed by atoms with Gasteiger partial charge in [-0.05, 0) is 29.5 Å². The zero-order chi connectivity index (χ0) is 14.3. The molecule has 2 nitrogen and oxygen atoms in total. The molecule has 1 N–H and O–H groups in total. The van der Waals surface area contributed by atoms with Gasteiger partial charge < -0.3 is 9.84 Å². The zero-order valence-electron chi connectivity index (χ0n) is 11.8. The third kappa shape index (κ3) is 6.37. The minimum atomic E-state index is -0.333. The average molecular weight is 264 g/mol. The Morgan fingerprint density at radius 3 is 2.68 bits per heavy atom. The second kappa shape index (κ2) is 7.28. The smallest absolute Gasteiger partial charge is 0.124 e. The molecule has 0 aliphatic heterocycles. The van der Waals surface area contributed by atoms with Crippen molar-refractivity contribution in [2.75, 3.05) is 13.2 Å². The maximum absolute atomic E-state index is 13.1. The summed E-state index contributed by atoms with van der Waals surface area (Å²) in [5.74, 6) is 4.94. The van der Waals surface area contributed by atoms with Crippen LogP contribution in [0.25, 0.3) is 0 Å². The Balaban J connectivity index is 2.62. The summed E-state index contributed by atoms with van der Waals surface area (Å²) in [6.45, 7) is 7.31. The number of rotatable bonds is 4. The predicted octanol–water partition coefficient (Wildman–Crippen LogP) is 3.12. The Bertz CT molecular complexity index is 464. The molecule has 0 aromatic heterocycles. The minimum absolute atomic E-state index is 0.235. The highest BCUT2D eigenvalue weighted by atomic mass is 19.1. The lowest BCUT2D eigenvalue weighted by molar-refractivity contribution is 0.0961. The first-order valence-corrected chi connectivity index (χ1v) is 6.38. The van der Waals surface area contributed by atoms with Crippen molar-refractivity contribution in [3.63, 3.8) is 0 Å². The lowest BCUT2D eigenvalue weighted by atomic mass is 9.93. The Labute approximate surface area is 114 Å². The highest BCUT2D eigenvalue weighted by molar-refractivity contribution is 5.41. The summed E-state index contributed by atoms with van der Waals surface area (Å²) < 4.78 is 18.8. The summed E-state index contributed by atoms with van der Waals surface area (Å²) in [4.78, 5) is 0. The molecule has 0 radical (unpaired) electrons. The molecule has 0 atom stereocenters. The van der Waals surface area contributed by atoms with Crippen LogP contribution in [-0.4, -0.2) is 18.3 Å². The van der Waals surface area contributed by atoms with Gasteiger partial charge in [-0.2, -0.15) is 0 Å². The van der Waals surface area contributed by atoms with Crippen LogP contribution in [0, 0.1) is 23.1 Å². The van der Waals surface area contributed by atoms with E-state index < -0.39 is 0 Å². The molecule has 1 rings (SSSR count). The van der Waals surface area contributed by atoms with E-state index in [0.29, 0.717) is 18.8 Å². The molecule has 0 aliphatic rings. The number of aliphatic hydroxyl groups excluding tert-OH is 1. The lowest BCUT2D eigenvalue weighted by Crippen LogP contribution is -2.09. The number of ether oxygens (including phenoxy) is 1. The highest BCUT2D eigenvalue weighted by Gasteiger charge is 2.10. The van der Waals surface area contributed by atoms with Crippen LogP contribution in [0.2, 0.25) is 0 Å². The zero-order valence-corrected chi connectivity index (χ0v) is 11.8. The monoisotopic (exact) mass is 264 g/mol. The predicted molar refractivity (Wildman–Crippen MR) is 74.1 cm³/mol. The third-order valence-corrected chi connectivity index (χ3v) is 2.63. The molecule has 1 aromatic carbocycles. The summed E-state index contributed by atoms with van der Waals surface area (Å²) in [6.07, 6.45) is 0.964. The molecule has 0 aliphatic carbocycles. The van der Waals surface area contributed by atoms with Gasteiger partial charge in [-0.1, -0.05) is 38.7 Å². The molecular weight excluding hydrogens is 243 g/mol. The molecule has 0 saturated carbocycles. The van der Waals surface area contributed by atoms with Crippen molar-refractivity contribution in [3.05, 3.63) is 35.1 Å². The maximum Gasteiger partial charge on any atom is 0.124 e. The fourth-order valence-electron chi connectivity index (χ4n) is 1.49.